The third kappa shape index (κ3) is 4.67. The largest absolute Gasteiger partial charge is 0.416 e. The lowest BCUT2D eigenvalue weighted by Crippen LogP contribution is -2.46. The lowest BCUT2D eigenvalue weighted by Gasteiger charge is -2.36. The average molecular weight is 422 g/mol. The monoisotopic (exact) mass is 422 g/mol. The molecule has 0 bridgehead atoms. The number of nitrogens with zero attached hydrogens (tertiary/aromatic N) is 4. The Hall–Kier alpha value is -2.68. The van der Waals surface area contributed by atoms with Crippen LogP contribution >= 0.6 is 11.5 Å². The van der Waals surface area contributed by atoms with Gasteiger partial charge in [0.15, 0.2) is 0 Å². The second kappa shape index (κ2) is 7.98. The van der Waals surface area contributed by atoms with Gasteiger partial charge in [-0.25, -0.2) is 9.37 Å². The maximum absolute atomic E-state index is 13.0. The summed E-state index contributed by atoms with van der Waals surface area (Å²) in [6, 6.07) is 11.7. The molecule has 2 aromatic carbocycles. The standard InChI is InChI=1S/C20H18F4N4S/c21-16-6-4-14(5-7-16)12-18-25-19(29-26-18)28-10-8-27(9-11-28)17-3-1-2-15(13-17)20(22,23)24/h1-7,13H,8-12H2. The molecule has 0 N–H and O–H groups in total. The van der Waals surface area contributed by atoms with Gasteiger partial charge >= 0.3 is 6.18 Å². The summed E-state index contributed by atoms with van der Waals surface area (Å²) in [5.41, 5.74) is 0.880. The quantitative estimate of drug-likeness (QED) is 0.575. The number of piperazine rings is 1. The zero-order valence-corrected chi connectivity index (χ0v) is 16.2. The molecule has 1 saturated heterocycles. The van der Waals surface area contributed by atoms with E-state index in [2.05, 4.69) is 14.3 Å². The Balaban J connectivity index is 1.38. The fourth-order valence-corrected chi connectivity index (χ4v) is 4.00. The summed E-state index contributed by atoms with van der Waals surface area (Å²) in [6.45, 7) is 2.52. The molecule has 0 unspecified atom stereocenters. The predicted octanol–water partition coefficient (Wildman–Crippen LogP) is 4.61. The summed E-state index contributed by atoms with van der Waals surface area (Å²) in [5, 5.41) is 0.797. The molecular weight excluding hydrogens is 404 g/mol. The van der Waals surface area contributed by atoms with Crippen LogP contribution in [-0.2, 0) is 12.6 Å². The van der Waals surface area contributed by atoms with Crippen molar-refractivity contribution in [1.82, 2.24) is 9.36 Å². The van der Waals surface area contributed by atoms with Crippen LogP contribution in [0.2, 0.25) is 0 Å². The van der Waals surface area contributed by atoms with Crippen molar-refractivity contribution in [2.24, 2.45) is 0 Å². The molecule has 2 heterocycles. The molecule has 1 aliphatic rings. The summed E-state index contributed by atoms with van der Waals surface area (Å²) >= 11 is 1.30. The average Bonchev–Trinajstić information content (AvgIpc) is 3.18. The Bertz CT molecular complexity index is 963. The number of halogens is 4. The van der Waals surface area contributed by atoms with Crippen molar-refractivity contribution in [3.8, 4) is 0 Å². The molecule has 0 radical (unpaired) electrons. The van der Waals surface area contributed by atoms with E-state index in [1.807, 2.05) is 4.90 Å². The van der Waals surface area contributed by atoms with Gasteiger partial charge in [0.2, 0.25) is 5.13 Å². The van der Waals surface area contributed by atoms with Crippen LogP contribution in [0.4, 0.5) is 28.4 Å². The summed E-state index contributed by atoms with van der Waals surface area (Å²) in [5.74, 6) is 0.399. The maximum atomic E-state index is 13.0. The first kappa shape index (κ1) is 19.6. The first-order valence-corrected chi connectivity index (χ1v) is 9.90. The number of alkyl halides is 3. The first-order valence-electron chi connectivity index (χ1n) is 9.13. The van der Waals surface area contributed by atoms with Gasteiger partial charge in [0.25, 0.3) is 0 Å². The molecule has 4 nitrogen and oxygen atoms in total. The van der Waals surface area contributed by atoms with Crippen LogP contribution in [-0.4, -0.2) is 35.5 Å². The minimum absolute atomic E-state index is 0.278. The summed E-state index contributed by atoms with van der Waals surface area (Å²) in [4.78, 5) is 8.61. The van der Waals surface area contributed by atoms with E-state index in [9.17, 15) is 17.6 Å². The molecule has 152 valence electrons. The van der Waals surface area contributed by atoms with Gasteiger partial charge in [-0.1, -0.05) is 18.2 Å². The second-order valence-corrected chi connectivity index (χ2v) is 7.55. The van der Waals surface area contributed by atoms with E-state index in [0.717, 1.165) is 16.8 Å². The molecule has 1 fully saturated rings. The maximum Gasteiger partial charge on any atom is 0.416 e. The molecule has 1 aliphatic heterocycles. The number of anilines is 2. The van der Waals surface area contributed by atoms with E-state index in [1.54, 1.807) is 18.2 Å². The lowest BCUT2D eigenvalue weighted by atomic mass is 10.1. The Morgan fingerprint density at radius 3 is 2.31 bits per heavy atom. The topological polar surface area (TPSA) is 32.3 Å². The van der Waals surface area contributed by atoms with Gasteiger partial charge in [-0.3, -0.25) is 0 Å². The third-order valence-electron chi connectivity index (χ3n) is 4.82. The van der Waals surface area contributed by atoms with Gasteiger partial charge in [0.05, 0.1) is 5.56 Å². The van der Waals surface area contributed by atoms with E-state index < -0.39 is 11.7 Å². The summed E-state index contributed by atoms with van der Waals surface area (Å²) in [7, 11) is 0. The van der Waals surface area contributed by atoms with E-state index in [-0.39, 0.29) is 5.82 Å². The molecule has 0 saturated carbocycles. The smallest absolute Gasteiger partial charge is 0.368 e. The van der Waals surface area contributed by atoms with Crippen molar-refractivity contribution in [2.45, 2.75) is 12.6 Å². The molecule has 4 rings (SSSR count). The number of aromatic nitrogens is 2. The highest BCUT2D eigenvalue weighted by Gasteiger charge is 2.31. The van der Waals surface area contributed by atoms with Crippen LogP contribution in [0.15, 0.2) is 48.5 Å². The van der Waals surface area contributed by atoms with E-state index in [0.29, 0.717) is 44.1 Å². The SMILES string of the molecule is Fc1ccc(Cc2nsc(N3CCN(c4cccc(C(F)(F)F)c4)CC3)n2)cc1. The first-order chi connectivity index (χ1) is 13.9. The number of hydrogen-bond acceptors (Lipinski definition) is 5. The molecule has 29 heavy (non-hydrogen) atoms. The summed E-state index contributed by atoms with van der Waals surface area (Å²) in [6.07, 6.45) is -3.81. The van der Waals surface area contributed by atoms with E-state index in [4.69, 9.17) is 0 Å². The molecule has 0 amide bonds. The molecule has 0 aliphatic carbocycles. The third-order valence-corrected chi connectivity index (χ3v) is 5.64. The van der Waals surface area contributed by atoms with Crippen LogP contribution in [0.25, 0.3) is 0 Å². The highest BCUT2D eigenvalue weighted by molar-refractivity contribution is 7.09. The van der Waals surface area contributed by atoms with E-state index in [1.165, 1.54) is 35.8 Å². The fraction of sp³-hybridized carbons (Fsp3) is 0.300. The minimum atomic E-state index is -4.34. The number of rotatable bonds is 4. The van der Waals surface area contributed by atoms with Gasteiger partial charge in [-0.2, -0.15) is 17.5 Å². The Kier molecular flexibility index (Phi) is 5.40. The zero-order valence-electron chi connectivity index (χ0n) is 15.4. The van der Waals surface area contributed by atoms with Crippen molar-refractivity contribution in [3.63, 3.8) is 0 Å². The van der Waals surface area contributed by atoms with E-state index >= 15 is 0 Å². The van der Waals surface area contributed by atoms with Gasteiger partial charge < -0.3 is 9.80 Å². The van der Waals surface area contributed by atoms with Crippen LogP contribution in [0.3, 0.4) is 0 Å². The van der Waals surface area contributed by atoms with Gasteiger partial charge in [-0.15, -0.1) is 0 Å². The molecule has 1 aromatic heterocycles. The second-order valence-electron chi connectivity index (χ2n) is 6.82. The minimum Gasteiger partial charge on any atom is -0.368 e. The normalized spacial score (nSPS) is 15.0. The van der Waals surface area contributed by atoms with Crippen LogP contribution in [0.1, 0.15) is 17.0 Å². The predicted molar refractivity (Wildman–Crippen MR) is 105 cm³/mol. The Morgan fingerprint density at radius 1 is 0.931 bits per heavy atom. The van der Waals surface area contributed by atoms with Crippen molar-refractivity contribution < 1.29 is 17.6 Å². The highest BCUT2D eigenvalue weighted by atomic mass is 32.1. The number of benzene rings is 2. The lowest BCUT2D eigenvalue weighted by molar-refractivity contribution is -0.137. The molecule has 0 atom stereocenters. The zero-order chi connectivity index (χ0) is 20.4. The highest BCUT2D eigenvalue weighted by Crippen LogP contribution is 2.32. The van der Waals surface area contributed by atoms with Crippen LogP contribution in [0.5, 0.6) is 0 Å². The number of hydrogen-bond donors (Lipinski definition) is 0. The molecule has 3 aromatic rings. The Labute approximate surface area is 169 Å². The summed E-state index contributed by atoms with van der Waals surface area (Å²) < 4.78 is 56.2. The molecule has 0 spiro atoms. The Morgan fingerprint density at radius 2 is 1.62 bits per heavy atom. The van der Waals surface area contributed by atoms with Crippen molar-refractivity contribution in [1.29, 1.82) is 0 Å². The van der Waals surface area contributed by atoms with Crippen LogP contribution in [0, 0.1) is 5.82 Å². The van der Waals surface area contributed by atoms with Crippen molar-refractivity contribution in [2.75, 3.05) is 36.0 Å². The van der Waals surface area contributed by atoms with Crippen LogP contribution < -0.4 is 9.80 Å². The van der Waals surface area contributed by atoms with Gasteiger partial charge in [0, 0.05) is 49.8 Å². The molecule has 9 heteroatoms. The van der Waals surface area contributed by atoms with Crippen molar-refractivity contribution >= 4 is 22.4 Å². The van der Waals surface area contributed by atoms with Crippen molar-refractivity contribution in [3.05, 3.63) is 71.3 Å². The van der Waals surface area contributed by atoms with Gasteiger partial charge in [-0.05, 0) is 35.9 Å². The molecular formula is C20H18F4N4S. The fourth-order valence-electron chi connectivity index (χ4n) is 3.26. The van der Waals surface area contributed by atoms with Gasteiger partial charge in [0.1, 0.15) is 11.6 Å².